The Morgan fingerprint density at radius 2 is 1.73 bits per heavy atom. The molecular formula is C29H53N7S. The molecule has 0 radical (unpaired) electrons. The first-order valence-electron chi connectivity index (χ1n) is 13.8. The summed E-state index contributed by atoms with van der Waals surface area (Å²) < 4.78 is 0. The lowest BCUT2D eigenvalue weighted by Gasteiger charge is -2.32. The van der Waals surface area contributed by atoms with Crippen molar-refractivity contribution in [3.8, 4) is 0 Å². The van der Waals surface area contributed by atoms with Gasteiger partial charge in [-0.1, -0.05) is 26.5 Å². The normalized spacial score (nSPS) is 12.6. The number of hydrogen-bond acceptors (Lipinski definition) is 8. The number of thiol groups is 1. The molecule has 1 aromatic rings. The van der Waals surface area contributed by atoms with Crippen molar-refractivity contribution in [3.05, 3.63) is 60.7 Å². The Hall–Kier alpha value is -2.13. The monoisotopic (exact) mass is 531 g/mol. The zero-order valence-corrected chi connectivity index (χ0v) is 24.6. The predicted molar refractivity (Wildman–Crippen MR) is 164 cm³/mol. The van der Waals surface area contributed by atoms with Crippen molar-refractivity contribution in [1.29, 1.82) is 0 Å². The molecule has 7 nitrogen and oxygen atoms in total. The van der Waals surface area contributed by atoms with Crippen LogP contribution in [0.25, 0.3) is 6.08 Å². The van der Waals surface area contributed by atoms with E-state index in [4.69, 9.17) is 18.4 Å². The smallest absolute Gasteiger partial charge is 0.0914 e. The Bertz CT molecular complexity index is 778. The number of nitrogens with one attached hydrogen (secondary N) is 3. The molecule has 1 aromatic carbocycles. The van der Waals surface area contributed by atoms with Crippen LogP contribution in [0.3, 0.4) is 0 Å². The van der Waals surface area contributed by atoms with Gasteiger partial charge in [0, 0.05) is 57.1 Å². The maximum absolute atomic E-state index is 5.46. The molecule has 0 heterocycles. The highest BCUT2D eigenvalue weighted by molar-refractivity contribution is 7.80. The SMILES string of the molecule is C=CN(C)C(CN(CCN/C=C\N)Cc1ccc(S)c(/C=C\NCCCCN(CCC)CCC)c1)NC. The predicted octanol–water partition coefficient (Wildman–Crippen LogP) is 3.88. The third-order valence-electron chi connectivity index (χ3n) is 6.33. The lowest BCUT2D eigenvalue weighted by molar-refractivity contribution is 0.173. The molecule has 8 heteroatoms. The fraction of sp³-hybridized carbons (Fsp3) is 0.586. The van der Waals surface area contributed by atoms with E-state index in [1.807, 2.05) is 20.3 Å². The van der Waals surface area contributed by atoms with Gasteiger partial charge in [0.25, 0.3) is 0 Å². The summed E-state index contributed by atoms with van der Waals surface area (Å²) in [6.45, 7) is 16.4. The van der Waals surface area contributed by atoms with Gasteiger partial charge in [-0.15, -0.1) is 12.6 Å². The molecule has 1 rings (SSSR count). The summed E-state index contributed by atoms with van der Waals surface area (Å²) in [4.78, 5) is 8.09. The number of likely N-dealkylation sites (N-methyl/N-ethyl adjacent to an activating group) is 2. The summed E-state index contributed by atoms with van der Waals surface area (Å²) in [5.74, 6) is 0. The van der Waals surface area contributed by atoms with E-state index >= 15 is 0 Å². The number of nitrogens with zero attached hydrogens (tertiary/aromatic N) is 3. The van der Waals surface area contributed by atoms with Gasteiger partial charge >= 0.3 is 0 Å². The van der Waals surface area contributed by atoms with Crippen LogP contribution in [0.15, 0.2) is 54.5 Å². The fourth-order valence-electron chi connectivity index (χ4n) is 4.26. The second kappa shape index (κ2) is 20.9. The van der Waals surface area contributed by atoms with Gasteiger partial charge < -0.3 is 26.2 Å². The van der Waals surface area contributed by atoms with Gasteiger partial charge in [-0.05, 0) is 94.1 Å². The molecule has 0 saturated carbocycles. The van der Waals surface area contributed by atoms with E-state index in [1.165, 1.54) is 57.1 Å². The number of unbranched alkanes of at least 4 members (excludes halogenated alkanes) is 1. The topological polar surface area (TPSA) is 71.8 Å². The maximum Gasteiger partial charge on any atom is 0.0914 e. The van der Waals surface area contributed by atoms with Crippen LogP contribution in [0.2, 0.25) is 0 Å². The molecular weight excluding hydrogens is 478 g/mol. The second-order valence-corrected chi connectivity index (χ2v) is 9.91. The highest BCUT2D eigenvalue weighted by atomic mass is 32.1. The minimum atomic E-state index is 0.172. The van der Waals surface area contributed by atoms with E-state index in [2.05, 4.69) is 81.6 Å². The van der Waals surface area contributed by atoms with Crippen molar-refractivity contribution in [3.63, 3.8) is 0 Å². The molecule has 0 aliphatic heterocycles. The minimum absolute atomic E-state index is 0.172. The van der Waals surface area contributed by atoms with Crippen LogP contribution in [-0.2, 0) is 6.54 Å². The Balaban J connectivity index is 2.68. The first-order chi connectivity index (χ1) is 18.0. The molecule has 0 aliphatic rings. The largest absolute Gasteiger partial charge is 0.403 e. The van der Waals surface area contributed by atoms with Crippen molar-refractivity contribution in [1.82, 2.24) is 30.7 Å². The zero-order chi connectivity index (χ0) is 27.3. The Labute approximate surface area is 232 Å². The van der Waals surface area contributed by atoms with Crippen LogP contribution < -0.4 is 21.7 Å². The van der Waals surface area contributed by atoms with Crippen molar-refractivity contribution >= 4 is 18.7 Å². The summed E-state index contributed by atoms with van der Waals surface area (Å²) in [5.41, 5.74) is 7.85. The summed E-state index contributed by atoms with van der Waals surface area (Å²) in [6.07, 6.45) is 14.4. The second-order valence-electron chi connectivity index (χ2n) is 9.43. The van der Waals surface area contributed by atoms with Crippen LogP contribution in [0.4, 0.5) is 0 Å². The maximum atomic E-state index is 5.46. The Morgan fingerprint density at radius 3 is 2.38 bits per heavy atom. The van der Waals surface area contributed by atoms with Crippen molar-refractivity contribution in [2.75, 3.05) is 59.9 Å². The fourth-order valence-corrected chi connectivity index (χ4v) is 4.47. The van der Waals surface area contributed by atoms with Crippen molar-refractivity contribution in [2.24, 2.45) is 5.73 Å². The molecule has 0 fully saturated rings. The summed E-state index contributed by atoms with van der Waals surface area (Å²) in [7, 11) is 4.02. The average Bonchev–Trinajstić information content (AvgIpc) is 2.90. The average molecular weight is 532 g/mol. The molecule has 0 saturated heterocycles. The van der Waals surface area contributed by atoms with Crippen molar-refractivity contribution < 1.29 is 0 Å². The van der Waals surface area contributed by atoms with E-state index in [9.17, 15) is 0 Å². The van der Waals surface area contributed by atoms with E-state index in [-0.39, 0.29) is 6.17 Å². The molecule has 210 valence electrons. The lowest BCUT2D eigenvalue weighted by atomic mass is 10.1. The van der Waals surface area contributed by atoms with E-state index in [1.54, 1.807) is 6.20 Å². The van der Waals surface area contributed by atoms with E-state index in [0.717, 1.165) is 43.2 Å². The van der Waals surface area contributed by atoms with E-state index in [0.29, 0.717) is 0 Å². The van der Waals surface area contributed by atoms with Gasteiger partial charge in [0.15, 0.2) is 0 Å². The number of nitrogens with two attached hydrogens (primary N) is 1. The quantitative estimate of drug-likeness (QED) is 0.0884. The third-order valence-corrected chi connectivity index (χ3v) is 6.74. The van der Waals surface area contributed by atoms with Gasteiger partial charge in [-0.2, -0.15) is 0 Å². The van der Waals surface area contributed by atoms with E-state index < -0.39 is 0 Å². The number of rotatable bonds is 22. The minimum Gasteiger partial charge on any atom is -0.403 e. The van der Waals surface area contributed by atoms with Crippen molar-refractivity contribution in [2.45, 2.75) is 57.1 Å². The summed E-state index contributed by atoms with van der Waals surface area (Å²) in [5, 5.41) is 10.1. The van der Waals surface area contributed by atoms with Crippen LogP contribution >= 0.6 is 12.6 Å². The summed E-state index contributed by atoms with van der Waals surface area (Å²) >= 11 is 4.69. The van der Waals surface area contributed by atoms with Gasteiger partial charge in [-0.25, -0.2) is 0 Å². The molecule has 0 spiro atoms. The Kier molecular flexibility index (Phi) is 18.6. The molecule has 5 N–H and O–H groups in total. The van der Waals surface area contributed by atoms with Crippen LogP contribution in [-0.4, -0.2) is 80.8 Å². The number of hydrogen-bond donors (Lipinski definition) is 5. The highest BCUT2D eigenvalue weighted by Gasteiger charge is 2.15. The summed E-state index contributed by atoms with van der Waals surface area (Å²) in [6, 6.07) is 6.49. The highest BCUT2D eigenvalue weighted by Crippen LogP contribution is 2.19. The van der Waals surface area contributed by atoms with Gasteiger partial charge in [0.2, 0.25) is 0 Å². The lowest BCUT2D eigenvalue weighted by Crippen LogP contribution is -2.48. The zero-order valence-electron chi connectivity index (χ0n) is 23.8. The first-order valence-corrected chi connectivity index (χ1v) is 14.2. The number of benzene rings is 1. The molecule has 0 aliphatic carbocycles. The van der Waals surface area contributed by atoms with Gasteiger partial charge in [0.05, 0.1) is 6.17 Å². The van der Waals surface area contributed by atoms with Crippen LogP contribution in [0.5, 0.6) is 0 Å². The Morgan fingerprint density at radius 1 is 1.00 bits per heavy atom. The molecule has 1 unspecified atom stereocenters. The molecule has 1 atom stereocenters. The molecule has 0 amide bonds. The molecule has 0 aromatic heterocycles. The van der Waals surface area contributed by atoms with Crippen LogP contribution in [0.1, 0.15) is 50.7 Å². The molecule has 0 bridgehead atoms. The first kappa shape index (κ1) is 32.9. The standard InChI is InChI=1S/C29H53N7S/c1-6-19-35(20-7-2)21-10-9-15-32-16-13-27-23-26(11-12-28(27)37)24-36(22-18-33-17-14-30)25-29(31-4)34(5)8-3/h8,11-14,16-17,23,29,31-33,37H,3,6-7,9-10,15,18-22,24-25,30H2,1-2,4-5H3/b16-13-,17-14-. The van der Waals surface area contributed by atoms with Crippen LogP contribution in [0, 0.1) is 0 Å². The third kappa shape index (κ3) is 14.4. The van der Waals surface area contributed by atoms with Gasteiger partial charge in [-0.3, -0.25) is 10.2 Å². The van der Waals surface area contributed by atoms with Gasteiger partial charge in [0.1, 0.15) is 0 Å². The molecule has 37 heavy (non-hydrogen) atoms.